The van der Waals surface area contributed by atoms with Crippen molar-refractivity contribution in [3.63, 3.8) is 0 Å². The Bertz CT molecular complexity index is 1070. The maximum Gasteiger partial charge on any atom is 0.407 e. The normalized spacial score (nSPS) is 11.2. The van der Waals surface area contributed by atoms with Crippen molar-refractivity contribution in [3.8, 4) is 11.5 Å². The quantitative estimate of drug-likeness (QED) is 0.148. The summed E-state index contributed by atoms with van der Waals surface area (Å²) in [6.45, 7) is 9.22. The molecular weight excluding hydrogens is 566 g/mol. The summed E-state index contributed by atoms with van der Waals surface area (Å²) in [6.07, 6.45) is 2.94. The van der Waals surface area contributed by atoms with Crippen LogP contribution in [0.5, 0.6) is 0 Å². The van der Waals surface area contributed by atoms with Crippen molar-refractivity contribution >= 4 is 35.4 Å². The monoisotopic (exact) mass is 609 g/mol. The topological polar surface area (TPSA) is 163 Å². The summed E-state index contributed by atoms with van der Waals surface area (Å²) >= 11 is 1.36. The molecular formula is C28H43N5O8S. The highest BCUT2D eigenvalue weighted by molar-refractivity contribution is 7.98. The fourth-order valence-corrected chi connectivity index (χ4v) is 3.55. The number of alkyl carbamates (subject to hydrolysis) is 1. The first-order valence-electron chi connectivity index (χ1n) is 13.9. The Kier molecular flexibility index (Phi) is 16.5. The smallest absolute Gasteiger partial charge is 0.407 e. The highest BCUT2D eigenvalue weighted by Gasteiger charge is 2.15. The first kappa shape index (κ1) is 35.0. The lowest BCUT2D eigenvalue weighted by atomic mass is 10.2. The molecule has 1 aromatic heterocycles. The van der Waals surface area contributed by atoms with Crippen LogP contribution in [0.1, 0.15) is 46.5 Å². The van der Waals surface area contributed by atoms with Crippen molar-refractivity contribution in [2.75, 3.05) is 64.3 Å². The van der Waals surface area contributed by atoms with Crippen LogP contribution < -0.4 is 16.0 Å². The molecule has 0 spiro atoms. The SMILES string of the molecule is CSc1nnc(-c2ccc(NC(=O)CCC(=O)NCCCOCCOCCOCCCNC(=O)OC(C)(C)C)cc2)o1. The average molecular weight is 610 g/mol. The van der Waals surface area contributed by atoms with E-state index >= 15 is 0 Å². The van der Waals surface area contributed by atoms with Crippen LogP contribution in [0.25, 0.3) is 11.5 Å². The van der Waals surface area contributed by atoms with E-state index in [2.05, 4.69) is 26.1 Å². The van der Waals surface area contributed by atoms with Gasteiger partial charge in [-0.25, -0.2) is 4.79 Å². The van der Waals surface area contributed by atoms with Gasteiger partial charge in [0.05, 0.1) is 26.4 Å². The van der Waals surface area contributed by atoms with Gasteiger partial charge in [-0.05, 0) is 64.1 Å². The molecule has 0 atom stereocenters. The van der Waals surface area contributed by atoms with Crippen LogP contribution in [0.2, 0.25) is 0 Å². The summed E-state index contributed by atoms with van der Waals surface area (Å²) in [6, 6.07) is 7.04. The summed E-state index contributed by atoms with van der Waals surface area (Å²) in [5, 5.41) is 16.6. The summed E-state index contributed by atoms with van der Waals surface area (Å²) in [7, 11) is 0. The number of rotatable bonds is 20. The minimum Gasteiger partial charge on any atom is -0.444 e. The zero-order chi connectivity index (χ0) is 30.6. The van der Waals surface area contributed by atoms with Crippen LogP contribution in [0.4, 0.5) is 10.5 Å². The molecule has 0 saturated carbocycles. The molecule has 0 unspecified atom stereocenters. The Morgan fingerprint density at radius 2 is 1.38 bits per heavy atom. The van der Waals surface area contributed by atoms with E-state index < -0.39 is 11.7 Å². The highest BCUT2D eigenvalue weighted by Crippen LogP contribution is 2.23. The molecule has 1 heterocycles. The van der Waals surface area contributed by atoms with Crippen molar-refractivity contribution in [2.45, 2.75) is 57.3 Å². The minimum absolute atomic E-state index is 0.0782. The van der Waals surface area contributed by atoms with Crippen molar-refractivity contribution in [1.29, 1.82) is 0 Å². The fraction of sp³-hybridized carbons (Fsp3) is 0.607. The summed E-state index contributed by atoms with van der Waals surface area (Å²) in [5.74, 6) is -0.0246. The Morgan fingerprint density at radius 1 is 0.810 bits per heavy atom. The number of amides is 3. The fourth-order valence-electron chi connectivity index (χ4n) is 3.27. The van der Waals surface area contributed by atoms with E-state index in [4.69, 9.17) is 23.4 Å². The summed E-state index contributed by atoms with van der Waals surface area (Å²) in [4.78, 5) is 35.7. The zero-order valence-electron chi connectivity index (χ0n) is 24.9. The lowest BCUT2D eigenvalue weighted by Crippen LogP contribution is -2.33. The Labute approximate surface area is 251 Å². The second-order valence-corrected chi connectivity index (χ2v) is 10.8. The lowest BCUT2D eigenvalue weighted by molar-refractivity contribution is -0.124. The number of hydrogen-bond acceptors (Lipinski definition) is 11. The van der Waals surface area contributed by atoms with Gasteiger partial charge >= 0.3 is 6.09 Å². The van der Waals surface area contributed by atoms with E-state index in [-0.39, 0.29) is 24.7 Å². The van der Waals surface area contributed by atoms with E-state index in [1.165, 1.54) is 11.8 Å². The van der Waals surface area contributed by atoms with Crippen LogP contribution in [-0.4, -0.2) is 92.7 Å². The van der Waals surface area contributed by atoms with Gasteiger partial charge in [-0.15, -0.1) is 10.2 Å². The molecule has 0 bridgehead atoms. The van der Waals surface area contributed by atoms with Gasteiger partial charge in [0, 0.05) is 50.4 Å². The van der Waals surface area contributed by atoms with E-state index in [0.717, 1.165) is 5.56 Å². The molecule has 13 nitrogen and oxygen atoms in total. The van der Waals surface area contributed by atoms with E-state index in [0.29, 0.717) is 82.4 Å². The summed E-state index contributed by atoms with van der Waals surface area (Å²) < 4.78 is 27.0. The Morgan fingerprint density at radius 3 is 1.95 bits per heavy atom. The number of nitrogens with zero attached hydrogens (tertiary/aromatic N) is 2. The molecule has 0 aliphatic carbocycles. The number of nitrogens with one attached hydrogen (secondary N) is 3. The number of carbonyl (C=O) groups is 3. The van der Waals surface area contributed by atoms with E-state index in [1.54, 1.807) is 24.3 Å². The number of anilines is 1. The molecule has 42 heavy (non-hydrogen) atoms. The number of benzene rings is 1. The average Bonchev–Trinajstić information content (AvgIpc) is 3.43. The van der Waals surface area contributed by atoms with E-state index in [9.17, 15) is 14.4 Å². The molecule has 14 heteroatoms. The second kappa shape index (κ2) is 19.8. The Balaban J connectivity index is 1.37. The molecule has 0 aliphatic rings. The maximum absolute atomic E-state index is 12.2. The molecule has 234 valence electrons. The molecule has 0 fully saturated rings. The van der Waals surface area contributed by atoms with Crippen molar-refractivity contribution in [2.24, 2.45) is 0 Å². The molecule has 3 N–H and O–H groups in total. The van der Waals surface area contributed by atoms with Crippen molar-refractivity contribution < 1.29 is 37.7 Å². The van der Waals surface area contributed by atoms with Crippen molar-refractivity contribution in [1.82, 2.24) is 20.8 Å². The molecule has 1 aromatic carbocycles. The van der Waals surface area contributed by atoms with Gasteiger partial charge in [0.2, 0.25) is 17.7 Å². The number of hydrogen-bond donors (Lipinski definition) is 3. The molecule has 3 amide bonds. The van der Waals surface area contributed by atoms with Gasteiger partial charge in [-0.1, -0.05) is 11.8 Å². The van der Waals surface area contributed by atoms with Gasteiger partial charge in [0.15, 0.2) is 0 Å². The van der Waals surface area contributed by atoms with Crippen molar-refractivity contribution in [3.05, 3.63) is 24.3 Å². The largest absolute Gasteiger partial charge is 0.444 e. The molecule has 2 rings (SSSR count). The third-order valence-corrected chi connectivity index (χ3v) is 5.76. The standard InChI is InChI=1S/C28H43N5O8S/c1-28(2,3)41-26(36)30-14-6-16-38-18-20-39-19-17-37-15-5-13-29-23(34)11-12-24(35)31-22-9-7-21(8-10-22)25-32-33-27(40-25)42-4/h7-10H,5-6,11-20H2,1-4H3,(H,29,34)(H,30,36)(H,31,35). The van der Waals surface area contributed by atoms with Crippen LogP contribution in [-0.2, 0) is 28.5 Å². The highest BCUT2D eigenvalue weighted by atomic mass is 32.2. The van der Waals surface area contributed by atoms with Gasteiger partial charge in [0.25, 0.3) is 5.22 Å². The van der Waals surface area contributed by atoms with Gasteiger partial charge < -0.3 is 39.3 Å². The van der Waals surface area contributed by atoms with E-state index in [1.807, 2.05) is 27.0 Å². The zero-order valence-corrected chi connectivity index (χ0v) is 25.7. The maximum atomic E-state index is 12.2. The second-order valence-electron chi connectivity index (χ2n) is 10.0. The van der Waals surface area contributed by atoms with Crippen LogP contribution in [0.15, 0.2) is 33.9 Å². The predicted octanol–water partition coefficient (Wildman–Crippen LogP) is 3.65. The number of ether oxygens (including phenoxy) is 4. The third-order valence-electron chi connectivity index (χ3n) is 5.24. The number of carbonyl (C=O) groups excluding carboxylic acids is 3. The molecule has 0 aliphatic heterocycles. The number of thioether (sulfide) groups is 1. The minimum atomic E-state index is -0.507. The van der Waals surface area contributed by atoms with Crippen LogP contribution >= 0.6 is 11.8 Å². The number of aromatic nitrogens is 2. The lowest BCUT2D eigenvalue weighted by Gasteiger charge is -2.19. The first-order valence-corrected chi connectivity index (χ1v) is 15.1. The van der Waals surface area contributed by atoms with Crippen LogP contribution in [0, 0.1) is 0 Å². The third kappa shape index (κ3) is 16.3. The molecule has 0 radical (unpaired) electrons. The molecule has 0 saturated heterocycles. The van der Waals surface area contributed by atoms with Gasteiger partial charge in [-0.3, -0.25) is 9.59 Å². The Hall–Kier alpha value is -3.20. The van der Waals surface area contributed by atoms with Crippen LogP contribution in [0.3, 0.4) is 0 Å². The first-order chi connectivity index (χ1) is 20.2. The van der Waals surface area contributed by atoms with Gasteiger partial charge in [-0.2, -0.15) is 0 Å². The van der Waals surface area contributed by atoms with Gasteiger partial charge in [0.1, 0.15) is 5.60 Å². The predicted molar refractivity (Wildman–Crippen MR) is 158 cm³/mol. The molecule has 2 aromatic rings. The summed E-state index contributed by atoms with van der Waals surface area (Å²) in [5.41, 5.74) is 0.861.